The summed E-state index contributed by atoms with van der Waals surface area (Å²) in [6, 6.07) is 18.9. The van der Waals surface area contributed by atoms with Crippen LogP contribution in [0.3, 0.4) is 0 Å². The number of fused-ring (bicyclic) bond motifs is 3. The fourth-order valence-electron chi connectivity index (χ4n) is 4.90. The molecule has 2 aromatic heterocycles. The molecule has 7 nitrogen and oxygen atoms in total. The Morgan fingerprint density at radius 3 is 2.75 bits per heavy atom. The van der Waals surface area contributed by atoms with Crippen LogP contribution in [0.2, 0.25) is 0 Å². The first-order valence-corrected chi connectivity index (χ1v) is 11.8. The predicted octanol–water partition coefficient (Wildman–Crippen LogP) is 5.33. The number of allylic oxidation sites excluding steroid dienone is 1. The zero-order chi connectivity index (χ0) is 24.8. The molecule has 0 spiro atoms. The average Bonchev–Trinajstić information content (AvgIpc) is 3.43. The highest BCUT2D eigenvalue weighted by molar-refractivity contribution is 5.99. The van der Waals surface area contributed by atoms with Crippen LogP contribution in [-0.4, -0.2) is 19.7 Å². The van der Waals surface area contributed by atoms with E-state index >= 15 is 0 Å². The quantitative estimate of drug-likeness (QED) is 0.374. The van der Waals surface area contributed by atoms with E-state index in [4.69, 9.17) is 14.2 Å². The van der Waals surface area contributed by atoms with Crippen molar-refractivity contribution in [1.82, 2.24) is 19.7 Å². The van der Waals surface area contributed by atoms with Gasteiger partial charge in [-0.1, -0.05) is 36.3 Å². The van der Waals surface area contributed by atoms with E-state index in [-0.39, 0.29) is 12.4 Å². The number of H-pyrrole nitrogens is 1. The van der Waals surface area contributed by atoms with Crippen LogP contribution < -0.4 is 10.5 Å². The fourth-order valence-corrected chi connectivity index (χ4v) is 4.90. The maximum atomic E-state index is 14.1. The third-order valence-corrected chi connectivity index (χ3v) is 6.60. The topological polar surface area (TPSA) is 85.9 Å². The van der Waals surface area contributed by atoms with Gasteiger partial charge in [-0.3, -0.25) is 9.51 Å². The lowest BCUT2D eigenvalue weighted by Gasteiger charge is -2.15. The predicted molar refractivity (Wildman–Crippen MR) is 134 cm³/mol. The third-order valence-electron chi connectivity index (χ3n) is 6.60. The zero-order valence-corrected chi connectivity index (χ0v) is 19.8. The number of aromatic nitrogens is 4. The second-order valence-corrected chi connectivity index (χ2v) is 8.82. The van der Waals surface area contributed by atoms with Crippen molar-refractivity contribution in [1.29, 1.82) is 0 Å². The lowest BCUT2D eigenvalue weighted by Crippen LogP contribution is -2.06. The molecule has 0 bridgehead atoms. The Balaban J connectivity index is 1.49. The minimum Gasteiger partial charge on any atom is -0.488 e. The van der Waals surface area contributed by atoms with Gasteiger partial charge in [0.2, 0.25) is 0 Å². The first-order chi connectivity index (χ1) is 17.5. The smallest absolute Gasteiger partial charge is 0.439 e. The lowest BCUT2D eigenvalue weighted by molar-refractivity contribution is 0.305. The second kappa shape index (κ2) is 8.64. The van der Waals surface area contributed by atoms with Crippen molar-refractivity contribution in [2.45, 2.75) is 33.4 Å². The molecule has 8 heteroatoms. The number of rotatable bonds is 4. The summed E-state index contributed by atoms with van der Waals surface area (Å²) in [7, 11) is 0. The molecule has 0 unspecified atom stereocenters. The van der Waals surface area contributed by atoms with Crippen LogP contribution in [0, 0.1) is 5.82 Å². The molecule has 3 aromatic carbocycles. The van der Waals surface area contributed by atoms with Gasteiger partial charge in [0.25, 0.3) is 0 Å². The number of aryl methyl sites for hydroxylation is 1. The first kappa shape index (κ1) is 22.0. The molecule has 0 amide bonds. The highest BCUT2D eigenvalue weighted by atomic mass is 19.1. The molecule has 6 rings (SSSR count). The minimum atomic E-state index is -0.635. The number of imidazole rings is 1. The Morgan fingerprint density at radius 2 is 1.94 bits per heavy atom. The number of benzene rings is 3. The molecular weight excluding hydrogens is 459 g/mol. The van der Waals surface area contributed by atoms with Crippen LogP contribution in [0.1, 0.15) is 47.8 Å². The van der Waals surface area contributed by atoms with Gasteiger partial charge in [0, 0.05) is 30.2 Å². The summed E-state index contributed by atoms with van der Waals surface area (Å²) in [5, 5.41) is 3.87. The minimum absolute atomic E-state index is 0.275. The molecule has 36 heavy (non-hydrogen) atoms. The largest absolute Gasteiger partial charge is 0.488 e. The van der Waals surface area contributed by atoms with Gasteiger partial charge in [0.05, 0.1) is 11.0 Å². The van der Waals surface area contributed by atoms with E-state index in [1.54, 1.807) is 6.07 Å². The van der Waals surface area contributed by atoms with Crippen LogP contribution in [-0.2, 0) is 19.6 Å². The van der Waals surface area contributed by atoms with E-state index in [1.165, 1.54) is 12.1 Å². The van der Waals surface area contributed by atoms with Crippen molar-refractivity contribution >= 4 is 22.2 Å². The normalized spacial score (nSPS) is 14.2. The monoisotopic (exact) mass is 482 g/mol. The standard InChI is InChI=1S/C28H23FN4O3/c1-3-25-30-22-6-4-5-7-23(22)33(25)14-17-8-10-20-18(12-17)15-35-24-13-19(29)9-11-21(24)26(20)16(2)27-31-28(34)36-32-27/h4-13H,3,14-15H2,1-2H3,(H,31,32,34)/b26-16+. The Kier molecular flexibility index (Phi) is 5.29. The first-order valence-electron chi connectivity index (χ1n) is 11.8. The second-order valence-electron chi connectivity index (χ2n) is 8.82. The molecule has 0 saturated carbocycles. The Morgan fingerprint density at radius 1 is 1.11 bits per heavy atom. The summed E-state index contributed by atoms with van der Waals surface area (Å²) >= 11 is 0. The SMILES string of the molecule is CCc1nc2ccccc2n1Cc1ccc2c(c1)COc1cc(F)ccc1/C2=C(\C)c1noc(=O)[nH]1. The molecule has 0 fully saturated rings. The van der Waals surface area contributed by atoms with Gasteiger partial charge in [-0.25, -0.2) is 14.2 Å². The Labute approximate surface area is 205 Å². The van der Waals surface area contributed by atoms with Gasteiger partial charge in [-0.15, -0.1) is 0 Å². The number of ether oxygens (including phenoxy) is 1. The molecule has 0 saturated heterocycles. The summed E-state index contributed by atoms with van der Waals surface area (Å²) in [6.07, 6.45) is 0.825. The highest BCUT2D eigenvalue weighted by Gasteiger charge is 2.24. The summed E-state index contributed by atoms with van der Waals surface area (Å²) < 4.78 is 27.2. The number of halogens is 1. The van der Waals surface area contributed by atoms with E-state index in [2.05, 4.69) is 39.8 Å². The number of hydrogen-bond donors (Lipinski definition) is 1. The Bertz CT molecular complexity index is 1710. The van der Waals surface area contributed by atoms with E-state index in [0.29, 0.717) is 23.7 Å². The van der Waals surface area contributed by atoms with E-state index in [9.17, 15) is 9.18 Å². The van der Waals surface area contributed by atoms with E-state index < -0.39 is 5.76 Å². The maximum Gasteiger partial charge on any atom is 0.439 e. The van der Waals surface area contributed by atoms with Gasteiger partial charge in [0.15, 0.2) is 5.82 Å². The number of para-hydroxylation sites is 2. The van der Waals surface area contributed by atoms with Crippen molar-refractivity contribution < 1.29 is 13.7 Å². The molecule has 1 aliphatic heterocycles. The molecular formula is C28H23FN4O3. The van der Waals surface area contributed by atoms with Crippen molar-refractivity contribution in [3.63, 3.8) is 0 Å². The average molecular weight is 483 g/mol. The van der Waals surface area contributed by atoms with Crippen LogP contribution in [0.5, 0.6) is 5.75 Å². The number of aromatic amines is 1. The van der Waals surface area contributed by atoms with Crippen molar-refractivity contribution in [3.05, 3.63) is 111 Å². The van der Waals surface area contributed by atoms with Crippen LogP contribution in [0.4, 0.5) is 4.39 Å². The van der Waals surface area contributed by atoms with Crippen molar-refractivity contribution in [2.75, 3.05) is 0 Å². The maximum absolute atomic E-state index is 14.1. The van der Waals surface area contributed by atoms with Crippen LogP contribution in [0.15, 0.2) is 70.0 Å². The molecule has 1 aliphatic rings. The third kappa shape index (κ3) is 3.71. The summed E-state index contributed by atoms with van der Waals surface area (Å²) in [5.74, 6) is 0.758. The number of nitrogens with zero attached hydrogens (tertiary/aromatic N) is 3. The van der Waals surface area contributed by atoms with Gasteiger partial charge < -0.3 is 9.30 Å². The van der Waals surface area contributed by atoms with Crippen LogP contribution in [0.25, 0.3) is 22.2 Å². The van der Waals surface area contributed by atoms with Crippen LogP contribution >= 0.6 is 0 Å². The highest BCUT2D eigenvalue weighted by Crippen LogP contribution is 2.41. The molecule has 3 heterocycles. The van der Waals surface area contributed by atoms with Gasteiger partial charge in [0.1, 0.15) is 24.0 Å². The Hall–Kier alpha value is -4.46. The summed E-state index contributed by atoms with van der Waals surface area (Å²) in [5.41, 5.74) is 7.26. The molecule has 180 valence electrons. The summed E-state index contributed by atoms with van der Waals surface area (Å²) in [6.45, 7) is 4.89. The number of hydrogen-bond acceptors (Lipinski definition) is 5. The molecule has 0 atom stereocenters. The molecule has 0 radical (unpaired) electrons. The van der Waals surface area contributed by atoms with Gasteiger partial charge >= 0.3 is 5.76 Å². The molecule has 5 aromatic rings. The van der Waals surface area contributed by atoms with Crippen molar-refractivity contribution in [3.8, 4) is 5.75 Å². The van der Waals surface area contributed by atoms with E-state index in [0.717, 1.165) is 51.1 Å². The number of nitrogens with one attached hydrogen (secondary N) is 1. The van der Waals surface area contributed by atoms with E-state index in [1.807, 2.05) is 31.2 Å². The summed E-state index contributed by atoms with van der Waals surface area (Å²) in [4.78, 5) is 19.0. The molecule has 1 N–H and O–H groups in total. The molecule has 0 aliphatic carbocycles. The van der Waals surface area contributed by atoms with Crippen molar-refractivity contribution in [2.24, 2.45) is 0 Å². The zero-order valence-electron chi connectivity index (χ0n) is 19.8. The van der Waals surface area contributed by atoms with Gasteiger partial charge in [-0.2, -0.15) is 0 Å². The fraction of sp³-hybridized carbons (Fsp3) is 0.179. The lowest BCUT2D eigenvalue weighted by atomic mass is 9.89. The van der Waals surface area contributed by atoms with Gasteiger partial charge in [-0.05, 0) is 59.5 Å².